The van der Waals surface area contributed by atoms with Gasteiger partial charge in [-0.05, 0) is 37.5 Å². The van der Waals surface area contributed by atoms with Crippen molar-refractivity contribution in [2.75, 3.05) is 19.6 Å². The molecule has 0 bridgehead atoms. The van der Waals surface area contributed by atoms with Crippen LogP contribution < -0.4 is 5.32 Å². The van der Waals surface area contributed by atoms with Crippen LogP contribution in [0, 0.1) is 16.7 Å². The van der Waals surface area contributed by atoms with E-state index in [1.54, 1.807) is 24.0 Å². The summed E-state index contributed by atoms with van der Waals surface area (Å²) in [4.78, 5) is 39.4. The largest absolute Gasteiger partial charge is 0.481 e. The third kappa shape index (κ3) is 3.87. The van der Waals surface area contributed by atoms with Crippen LogP contribution in [-0.2, 0) is 16.1 Å². The Balaban J connectivity index is 1.55. The molecule has 0 saturated carbocycles. The fraction of sp³-hybridized carbons (Fsp3) is 0.474. The minimum absolute atomic E-state index is 0.143. The number of carbonyl (C=O) groups is 3. The quantitative estimate of drug-likeness (QED) is 0.826. The molecule has 2 aliphatic rings. The van der Waals surface area contributed by atoms with E-state index >= 15 is 0 Å². The lowest BCUT2D eigenvalue weighted by atomic mass is 9.90. The van der Waals surface area contributed by atoms with Crippen LogP contribution in [0.2, 0.25) is 0 Å². The van der Waals surface area contributed by atoms with Crippen LogP contribution in [0.4, 0.5) is 4.79 Å². The highest BCUT2D eigenvalue weighted by molar-refractivity contribution is 5.89. The molecule has 8 heteroatoms. The predicted octanol–water partition coefficient (Wildman–Crippen LogP) is 1.17. The van der Waals surface area contributed by atoms with Crippen LogP contribution in [0.25, 0.3) is 0 Å². The summed E-state index contributed by atoms with van der Waals surface area (Å²) >= 11 is 0. The van der Waals surface area contributed by atoms with Gasteiger partial charge in [-0.15, -0.1) is 0 Å². The van der Waals surface area contributed by atoms with Crippen LogP contribution in [0.3, 0.4) is 0 Å². The summed E-state index contributed by atoms with van der Waals surface area (Å²) in [6, 6.07) is 8.12. The van der Waals surface area contributed by atoms with E-state index in [-0.39, 0.29) is 12.5 Å². The van der Waals surface area contributed by atoms with Crippen molar-refractivity contribution in [3.05, 3.63) is 35.4 Å². The molecule has 1 aromatic rings. The smallest absolute Gasteiger partial charge is 0.318 e. The molecule has 142 valence electrons. The van der Waals surface area contributed by atoms with Gasteiger partial charge in [-0.3, -0.25) is 9.59 Å². The molecule has 27 heavy (non-hydrogen) atoms. The molecular formula is C19H22N4O4. The van der Waals surface area contributed by atoms with Gasteiger partial charge in [0.15, 0.2) is 0 Å². The van der Waals surface area contributed by atoms with Crippen molar-refractivity contribution in [3.63, 3.8) is 0 Å². The number of nitrogens with zero attached hydrogens (tertiary/aromatic N) is 3. The molecule has 1 aromatic carbocycles. The van der Waals surface area contributed by atoms with Crippen molar-refractivity contribution < 1.29 is 19.5 Å². The zero-order valence-corrected chi connectivity index (χ0v) is 15.1. The number of nitrogens with one attached hydrogen (secondary N) is 1. The molecular weight excluding hydrogens is 348 g/mol. The van der Waals surface area contributed by atoms with Gasteiger partial charge in [-0.1, -0.05) is 12.1 Å². The number of nitriles is 1. The fourth-order valence-electron chi connectivity index (χ4n) is 3.48. The molecule has 2 unspecified atom stereocenters. The molecule has 2 saturated heterocycles. The van der Waals surface area contributed by atoms with Gasteiger partial charge in [0, 0.05) is 26.2 Å². The van der Waals surface area contributed by atoms with Gasteiger partial charge in [0.05, 0.1) is 17.0 Å². The summed E-state index contributed by atoms with van der Waals surface area (Å²) in [7, 11) is 0. The Bertz CT molecular complexity index is 801. The van der Waals surface area contributed by atoms with Crippen LogP contribution in [0.5, 0.6) is 0 Å². The van der Waals surface area contributed by atoms with Gasteiger partial charge in [0.2, 0.25) is 5.91 Å². The van der Waals surface area contributed by atoms with E-state index in [9.17, 15) is 19.5 Å². The van der Waals surface area contributed by atoms with E-state index in [0.29, 0.717) is 38.0 Å². The molecule has 3 amide bonds. The van der Waals surface area contributed by atoms with Crippen molar-refractivity contribution in [1.29, 1.82) is 5.26 Å². The summed E-state index contributed by atoms with van der Waals surface area (Å²) in [5.41, 5.74) is 0.556. The Morgan fingerprint density at radius 2 is 2.04 bits per heavy atom. The van der Waals surface area contributed by atoms with Crippen molar-refractivity contribution in [2.24, 2.45) is 5.41 Å². The standard InChI is InChI=1S/C19H22N4O4/c1-19(17(25)26)7-9-23(12-19)18(27)21-15-6-8-22(16(15)24)11-14-4-2-13(10-20)3-5-14/h2-5,15H,6-9,11-12H2,1H3,(H,21,27)(H,25,26). The van der Waals surface area contributed by atoms with Crippen LogP contribution in [0.15, 0.2) is 24.3 Å². The molecule has 0 aliphatic carbocycles. The normalized spacial score (nSPS) is 24.7. The zero-order valence-electron chi connectivity index (χ0n) is 15.1. The second-order valence-electron chi connectivity index (χ2n) is 7.40. The lowest BCUT2D eigenvalue weighted by Gasteiger charge is -2.22. The van der Waals surface area contributed by atoms with E-state index < -0.39 is 23.5 Å². The lowest BCUT2D eigenvalue weighted by Crippen LogP contribution is -2.48. The maximum atomic E-state index is 12.6. The molecule has 3 rings (SSSR count). The van der Waals surface area contributed by atoms with E-state index in [1.807, 2.05) is 12.1 Å². The SMILES string of the molecule is CC1(C(=O)O)CCN(C(=O)NC2CCN(Cc3ccc(C#N)cc3)C2=O)C1. The van der Waals surface area contributed by atoms with Gasteiger partial charge in [0.1, 0.15) is 6.04 Å². The molecule has 0 spiro atoms. The average Bonchev–Trinajstić information content (AvgIpc) is 3.21. The van der Waals surface area contributed by atoms with Crippen LogP contribution >= 0.6 is 0 Å². The highest BCUT2D eigenvalue weighted by Crippen LogP contribution is 2.30. The molecule has 8 nitrogen and oxygen atoms in total. The van der Waals surface area contributed by atoms with Crippen molar-refractivity contribution in [3.8, 4) is 6.07 Å². The van der Waals surface area contributed by atoms with Gasteiger partial charge in [-0.25, -0.2) is 4.79 Å². The number of carboxylic acid groups (broad SMARTS) is 1. The first-order chi connectivity index (χ1) is 12.8. The number of hydrogen-bond donors (Lipinski definition) is 2. The molecule has 0 aromatic heterocycles. The van der Waals surface area contributed by atoms with Crippen LogP contribution in [-0.4, -0.2) is 58.5 Å². The Kier molecular flexibility index (Phi) is 5.04. The highest BCUT2D eigenvalue weighted by Gasteiger charge is 2.43. The first-order valence-corrected chi connectivity index (χ1v) is 8.89. The van der Waals surface area contributed by atoms with Crippen LogP contribution in [0.1, 0.15) is 30.9 Å². The van der Waals surface area contributed by atoms with E-state index in [4.69, 9.17) is 5.26 Å². The highest BCUT2D eigenvalue weighted by atomic mass is 16.4. The van der Waals surface area contributed by atoms with E-state index in [1.165, 1.54) is 4.90 Å². The third-order valence-electron chi connectivity index (χ3n) is 5.33. The monoisotopic (exact) mass is 370 g/mol. The lowest BCUT2D eigenvalue weighted by molar-refractivity contribution is -0.147. The fourth-order valence-corrected chi connectivity index (χ4v) is 3.48. The second kappa shape index (κ2) is 7.27. The average molecular weight is 370 g/mol. The molecule has 2 aliphatic heterocycles. The maximum absolute atomic E-state index is 12.6. The minimum atomic E-state index is -0.932. The molecule has 0 radical (unpaired) electrons. The summed E-state index contributed by atoms with van der Waals surface area (Å²) < 4.78 is 0. The molecule has 2 N–H and O–H groups in total. The second-order valence-corrected chi connectivity index (χ2v) is 7.40. The number of carbonyl (C=O) groups excluding carboxylic acids is 2. The first kappa shape index (κ1) is 18.7. The number of amides is 3. The minimum Gasteiger partial charge on any atom is -0.481 e. The predicted molar refractivity (Wildman–Crippen MR) is 95.4 cm³/mol. The summed E-state index contributed by atoms with van der Waals surface area (Å²) in [6.45, 7) is 3.10. The van der Waals surface area contributed by atoms with Crippen molar-refractivity contribution in [1.82, 2.24) is 15.1 Å². The molecule has 2 heterocycles. The Morgan fingerprint density at radius 3 is 2.63 bits per heavy atom. The summed E-state index contributed by atoms with van der Waals surface area (Å²) in [6.07, 6.45) is 0.921. The maximum Gasteiger partial charge on any atom is 0.318 e. The van der Waals surface area contributed by atoms with E-state index in [0.717, 1.165) is 5.56 Å². The zero-order chi connectivity index (χ0) is 19.6. The molecule has 2 fully saturated rings. The number of urea groups is 1. The Labute approximate surface area is 157 Å². The van der Waals surface area contributed by atoms with Gasteiger partial charge < -0.3 is 20.2 Å². The van der Waals surface area contributed by atoms with Crippen molar-refractivity contribution in [2.45, 2.75) is 32.4 Å². The van der Waals surface area contributed by atoms with E-state index in [2.05, 4.69) is 11.4 Å². The Morgan fingerprint density at radius 1 is 1.33 bits per heavy atom. The number of hydrogen-bond acceptors (Lipinski definition) is 4. The van der Waals surface area contributed by atoms with Gasteiger partial charge >= 0.3 is 12.0 Å². The number of rotatable bonds is 4. The number of likely N-dealkylation sites (tertiary alicyclic amines) is 2. The van der Waals surface area contributed by atoms with Gasteiger partial charge in [-0.2, -0.15) is 5.26 Å². The third-order valence-corrected chi connectivity index (χ3v) is 5.33. The van der Waals surface area contributed by atoms with Crippen molar-refractivity contribution >= 4 is 17.9 Å². The van der Waals surface area contributed by atoms with Gasteiger partial charge in [0.25, 0.3) is 0 Å². The number of carboxylic acids is 1. The topological polar surface area (TPSA) is 114 Å². The molecule has 2 atom stereocenters. The number of aliphatic carboxylic acids is 1. The first-order valence-electron chi connectivity index (χ1n) is 8.89. The summed E-state index contributed by atoms with van der Waals surface area (Å²) in [5, 5.41) is 20.8. The number of benzene rings is 1. The Hall–Kier alpha value is -3.08. The summed E-state index contributed by atoms with van der Waals surface area (Å²) in [5.74, 6) is -1.06.